The van der Waals surface area contributed by atoms with Gasteiger partial charge in [-0.05, 0) is 17.9 Å². The second-order valence-corrected chi connectivity index (χ2v) is 8.93. The van der Waals surface area contributed by atoms with Crippen LogP contribution in [0.25, 0.3) is 22.6 Å². The van der Waals surface area contributed by atoms with Gasteiger partial charge in [0.05, 0.1) is 18.4 Å². The Morgan fingerprint density at radius 2 is 2.22 bits per heavy atom. The largest absolute Gasteiger partial charge is 0.472 e. The first-order valence-electron chi connectivity index (χ1n) is 7.95. The number of furan rings is 1. The monoisotopic (exact) mass is 411 g/mol. The number of hydrogen-bond acceptors (Lipinski definition) is 10. The van der Waals surface area contributed by atoms with Crippen molar-refractivity contribution in [2.45, 2.75) is 24.5 Å². The van der Waals surface area contributed by atoms with E-state index in [1.54, 1.807) is 10.6 Å². The quantitative estimate of drug-likeness (QED) is 0.507. The van der Waals surface area contributed by atoms with Crippen LogP contribution < -0.4 is 5.73 Å². The third-order valence-electron chi connectivity index (χ3n) is 4.51. The molecular formula is C14H14N5O6PS. The van der Waals surface area contributed by atoms with Crippen molar-refractivity contribution in [3.63, 3.8) is 0 Å². The van der Waals surface area contributed by atoms with E-state index in [0.29, 0.717) is 22.6 Å². The lowest BCUT2D eigenvalue weighted by molar-refractivity contribution is -0.0588. The molecule has 0 radical (unpaired) electrons. The van der Waals surface area contributed by atoms with Crippen molar-refractivity contribution in [2.75, 3.05) is 12.3 Å². The molecule has 4 N–H and O–H groups in total. The molecule has 27 heavy (non-hydrogen) atoms. The number of aromatic nitrogens is 4. The summed E-state index contributed by atoms with van der Waals surface area (Å²) < 4.78 is 23.2. The standard InChI is InChI=1S/C14H14N5O6PS/c15-11-8-13(17-5-16-11)19(12(18-8)6-1-2-22-3-6)14-9(20)10-7(24-14)4-23-26(21,27)25-10/h1-3,5,7,9-10,14,20H,4H2,(H,21,27)(H2,15,16,17)/t7?,9-,10?,14+,26?/m0/s1. The van der Waals surface area contributed by atoms with Crippen LogP contribution in [-0.4, -0.2) is 54.4 Å². The summed E-state index contributed by atoms with van der Waals surface area (Å²) in [6, 6.07) is 1.71. The molecule has 0 bridgehead atoms. The molecule has 5 heterocycles. The van der Waals surface area contributed by atoms with Crippen molar-refractivity contribution >= 4 is 35.5 Å². The normalized spacial score (nSPS) is 33.4. The molecule has 3 aromatic heterocycles. The van der Waals surface area contributed by atoms with Gasteiger partial charge in [0.2, 0.25) is 0 Å². The number of imidazole rings is 1. The number of nitrogens with two attached hydrogens (primary N) is 1. The van der Waals surface area contributed by atoms with Crippen LogP contribution in [0.2, 0.25) is 0 Å². The third kappa shape index (κ3) is 2.69. The predicted molar refractivity (Wildman–Crippen MR) is 94.7 cm³/mol. The van der Waals surface area contributed by atoms with Crippen LogP contribution >= 0.6 is 6.72 Å². The number of anilines is 1. The second kappa shape index (κ2) is 6.04. The minimum Gasteiger partial charge on any atom is -0.472 e. The molecule has 13 heteroatoms. The van der Waals surface area contributed by atoms with E-state index in [4.69, 9.17) is 35.7 Å². The highest BCUT2D eigenvalue weighted by Crippen LogP contribution is 2.53. The highest BCUT2D eigenvalue weighted by molar-refractivity contribution is 8.07. The van der Waals surface area contributed by atoms with E-state index in [1.807, 2.05) is 0 Å². The van der Waals surface area contributed by atoms with Crippen LogP contribution in [0.4, 0.5) is 5.82 Å². The molecule has 0 amide bonds. The molecular weight excluding hydrogens is 397 g/mol. The van der Waals surface area contributed by atoms with Crippen molar-refractivity contribution in [1.29, 1.82) is 0 Å². The molecule has 5 rings (SSSR count). The number of aliphatic hydroxyl groups is 1. The fraction of sp³-hybridized carbons (Fsp3) is 0.357. The molecule has 2 saturated heterocycles. The highest BCUT2D eigenvalue weighted by Gasteiger charge is 2.52. The first-order chi connectivity index (χ1) is 12.9. The molecule has 0 saturated carbocycles. The molecule has 142 valence electrons. The zero-order chi connectivity index (χ0) is 18.8. The van der Waals surface area contributed by atoms with Crippen molar-refractivity contribution in [3.05, 3.63) is 24.9 Å². The van der Waals surface area contributed by atoms with Crippen LogP contribution in [0.3, 0.4) is 0 Å². The third-order valence-corrected chi connectivity index (χ3v) is 6.07. The van der Waals surface area contributed by atoms with Gasteiger partial charge in [0, 0.05) is 0 Å². The topological polar surface area (TPSA) is 151 Å². The average molecular weight is 411 g/mol. The van der Waals surface area contributed by atoms with E-state index in [1.165, 1.54) is 18.9 Å². The minimum absolute atomic E-state index is 0.0107. The Kier molecular flexibility index (Phi) is 3.85. The van der Waals surface area contributed by atoms with Gasteiger partial charge in [-0.15, -0.1) is 0 Å². The molecule has 0 aromatic carbocycles. The maximum absolute atomic E-state index is 10.8. The van der Waals surface area contributed by atoms with Crippen LogP contribution in [0.1, 0.15) is 6.23 Å². The van der Waals surface area contributed by atoms with E-state index in [9.17, 15) is 10.00 Å². The number of fused-ring (bicyclic) bond motifs is 2. The molecule has 11 nitrogen and oxygen atoms in total. The Morgan fingerprint density at radius 3 is 3.00 bits per heavy atom. The van der Waals surface area contributed by atoms with Crippen LogP contribution in [-0.2, 0) is 25.6 Å². The lowest BCUT2D eigenvalue weighted by Crippen LogP contribution is -2.39. The smallest absolute Gasteiger partial charge is 0.325 e. The fourth-order valence-electron chi connectivity index (χ4n) is 3.31. The Balaban J connectivity index is 1.66. The first kappa shape index (κ1) is 17.2. The lowest BCUT2D eigenvalue weighted by Gasteiger charge is -2.30. The van der Waals surface area contributed by atoms with Gasteiger partial charge in [-0.25, -0.2) is 15.0 Å². The van der Waals surface area contributed by atoms with E-state index >= 15 is 0 Å². The first-order valence-corrected chi connectivity index (χ1v) is 10.5. The zero-order valence-corrected chi connectivity index (χ0v) is 15.3. The summed E-state index contributed by atoms with van der Waals surface area (Å²) in [5, 5.41) is 10.8. The number of rotatable bonds is 2. The number of aliphatic hydroxyl groups excluding tert-OH is 1. The van der Waals surface area contributed by atoms with Gasteiger partial charge < -0.3 is 29.4 Å². The van der Waals surface area contributed by atoms with E-state index < -0.39 is 31.3 Å². The van der Waals surface area contributed by atoms with Crippen molar-refractivity contribution in [2.24, 2.45) is 0 Å². The van der Waals surface area contributed by atoms with E-state index in [0.717, 1.165) is 0 Å². The molecule has 0 aliphatic carbocycles. The number of nitrogen functional groups attached to an aromatic ring is 1. The summed E-state index contributed by atoms with van der Waals surface area (Å²) in [5.41, 5.74) is 7.32. The molecule has 2 aliphatic heterocycles. The molecule has 2 aliphatic rings. The van der Waals surface area contributed by atoms with Crippen molar-refractivity contribution in [1.82, 2.24) is 19.5 Å². The fourth-order valence-corrected chi connectivity index (χ4v) is 4.76. The van der Waals surface area contributed by atoms with Gasteiger partial charge in [-0.3, -0.25) is 9.09 Å². The van der Waals surface area contributed by atoms with Gasteiger partial charge in [0.15, 0.2) is 23.2 Å². The zero-order valence-electron chi connectivity index (χ0n) is 13.6. The van der Waals surface area contributed by atoms with E-state index in [-0.39, 0.29) is 12.4 Å². The van der Waals surface area contributed by atoms with Gasteiger partial charge in [-0.2, -0.15) is 0 Å². The Morgan fingerprint density at radius 1 is 1.37 bits per heavy atom. The molecule has 0 spiro atoms. The van der Waals surface area contributed by atoms with Crippen molar-refractivity contribution in [3.8, 4) is 11.4 Å². The molecule has 3 aromatic rings. The van der Waals surface area contributed by atoms with Gasteiger partial charge in [-0.1, -0.05) is 0 Å². The number of nitrogens with zero attached hydrogens (tertiary/aromatic N) is 4. The number of hydrogen-bond donors (Lipinski definition) is 3. The average Bonchev–Trinajstić information content (AvgIpc) is 3.33. The minimum atomic E-state index is -3.41. The van der Waals surface area contributed by atoms with Gasteiger partial charge in [0.25, 0.3) is 0 Å². The summed E-state index contributed by atoms with van der Waals surface area (Å²) in [4.78, 5) is 22.6. The molecule has 2 fully saturated rings. The predicted octanol–water partition coefficient (Wildman–Crippen LogP) is 0.559. The Hall–Kier alpha value is -1.92. The van der Waals surface area contributed by atoms with Gasteiger partial charge >= 0.3 is 6.72 Å². The Bertz CT molecular complexity index is 1060. The maximum atomic E-state index is 10.8. The maximum Gasteiger partial charge on any atom is 0.325 e. The van der Waals surface area contributed by atoms with Gasteiger partial charge in [0.1, 0.15) is 36.7 Å². The number of ether oxygens (including phenoxy) is 1. The SMILES string of the molecule is Nc1ncnc2c1nc(-c1ccoc1)n2[C@@H]1OC2COP(O)(=S)OC2[C@@H]1O. The van der Waals surface area contributed by atoms with E-state index in [2.05, 4.69) is 15.0 Å². The lowest BCUT2D eigenvalue weighted by atomic mass is 10.1. The summed E-state index contributed by atoms with van der Waals surface area (Å²) in [5.74, 6) is 0.622. The van der Waals surface area contributed by atoms with Crippen LogP contribution in [0, 0.1) is 0 Å². The molecule has 5 atom stereocenters. The summed E-state index contributed by atoms with van der Waals surface area (Å²) >= 11 is 4.88. The summed E-state index contributed by atoms with van der Waals surface area (Å²) in [6.07, 6.45) is 0.793. The summed E-state index contributed by atoms with van der Waals surface area (Å²) in [6.45, 7) is -3.39. The Labute approximate surface area is 157 Å². The van der Waals surface area contributed by atoms with Crippen LogP contribution in [0.15, 0.2) is 29.3 Å². The van der Waals surface area contributed by atoms with Crippen LogP contribution in [0.5, 0.6) is 0 Å². The second-order valence-electron chi connectivity index (χ2n) is 6.14. The van der Waals surface area contributed by atoms with Crippen molar-refractivity contribution < 1.29 is 28.2 Å². The molecule has 3 unspecified atom stereocenters. The highest BCUT2D eigenvalue weighted by atomic mass is 32.5. The summed E-state index contributed by atoms with van der Waals surface area (Å²) in [7, 11) is 0.